The fourth-order valence-electron chi connectivity index (χ4n) is 3.65. The summed E-state index contributed by atoms with van der Waals surface area (Å²) < 4.78 is 0. The van der Waals surface area contributed by atoms with E-state index in [1.54, 1.807) is 4.90 Å². The fraction of sp³-hybridized carbons (Fsp3) is 0.867. The van der Waals surface area contributed by atoms with E-state index in [0.29, 0.717) is 25.6 Å². The highest BCUT2D eigenvalue weighted by Gasteiger charge is 2.40. The second kappa shape index (κ2) is 6.46. The third-order valence-electron chi connectivity index (χ3n) is 4.92. The van der Waals surface area contributed by atoms with Crippen LogP contribution in [0.4, 0.5) is 4.79 Å². The van der Waals surface area contributed by atoms with Gasteiger partial charge in [-0.2, -0.15) is 0 Å². The summed E-state index contributed by atoms with van der Waals surface area (Å²) in [7, 11) is 0. The Morgan fingerprint density at radius 2 is 1.85 bits per heavy atom. The summed E-state index contributed by atoms with van der Waals surface area (Å²) in [6.07, 6.45) is 6.41. The van der Waals surface area contributed by atoms with Gasteiger partial charge in [0.15, 0.2) is 0 Å². The molecule has 0 radical (unpaired) electrons. The number of rotatable bonds is 3. The van der Waals surface area contributed by atoms with Crippen molar-refractivity contribution in [3.63, 3.8) is 0 Å². The lowest BCUT2D eigenvalue weighted by Crippen LogP contribution is -2.50. The number of carboxylic acid groups (broad SMARTS) is 1. The van der Waals surface area contributed by atoms with Crippen LogP contribution in [0.25, 0.3) is 0 Å². The Morgan fingerprint density at radius 3 is 2.35 bits per heavy atom. The number of likely N-dealkylation sites (tertiary alicyclic amines) is 1. The number of hydrogen-bond acceptors (Lipinski definition) is 2. The van der Waals surface area contributed by atoms with Crippen LogP contribution in [0.1, 0.15) is 52.4 Å². The van der Waals surface area contributed by atoms with Crippen LogP contribution < -0.4 is 0 Å². The standard InChI is InChI=1S/C15H26N2O3/c1-3-16(12-7-5-4-6-8-12)15(20)17-10-9-13(11(17)2)14(18)19/h11-13H,3-10H2,1-2H3,(H,18,19). The summed E-state index contributed by atoms with van der Waals surface area (Å²) in [4.78, 5) is 27.6. The average Bonchev–Trinajstić information content (AvgIpc) is 2.82. The highest BCUT2D eigenvalue weighted by molar-refractivity contribution is 5.78. The fourth-order valence-corrected chi connectivity index (χ4v) is 3.65. The number of carbonyl (C=O) groups is 2. The molecular weight excluding hydrogens is 256 g/mol. The average molecular weight is 282 g/mol. The van der Waals surface area contributed by atoms with Gasteiger partial charge in [0, 0.05) is 25.2 Å². The van der Waals surface area contributed by atoms with Crippen LogP contribution in [-0.2, 0) is 4.79 Å². The maximum Gasteiger partial charge on any atom is 0.320 e. The molecule has 20 heavy (non-hydrogen) atoms. The van der Waals surface area contributed by atoms with Crippen molar-refractivity contribution >= 4 is 12.0 Å². The van der Waals surface area contributed by atoms with E-state index in [1.165, 1.54) is 19.3 Å². The number of carboxylic acids is 1. The van der Waals surface area contributed by atoms with E-state index >= 15 is 0 Å². The van der Waals surface area contributed by atoms with E-state index in [1.807, 2.05) is 18.7 Å². The Kier molecular flexibility index (Phi) is 4.89. The molecule has 1 aliphatic heterocycles. The lowest BCUT2D eigenvalue weighted by molar-refractivity contribution is -0.142. The molecule has 1 saturated heterocycles. The first kappa shape index (κ1) is 15.1. The first-order chi connectivity index (χ1) is 9.56. The molecule has 2 atom stereocenters. The van der Waals surface area contributed by atoms with Crippen molar-refractivity contribution in [3.8, 4) is 0 Å². The van der Waals surface area contributed by atoms with Gasteiger partial charge in [-0.05, 0) is 33.1 Å². The molecule has 2 rings (SSSR count). The predicted molar refractivity (Wildman–Crippen MR) is 76.6 cm³/mol. The second-order valence-corrected chi connectivity index (χ2v) is 6.03. The second-order valence-electron chi connectivity index (χ2n) is 6.03. The van der Waals surface area contributed by atoms with Gasteiger partial charge in [0.2, 0.25) is 0 Å². The van der Waals surface area contributed by atoms with Crippen LogP contribution in [0.3, 0.4) is 0 Å². The molecule has 0 spiro atoms. The van der Waals surface area contributed by atoms with Gasteiger partial charge >= 0.3 is 12.0 Å². The Morgan fingerprint density at radius 1 is 1.20 bits per heavy atom. The zero-order valence-corrected chi connectivity index (χ0v) is 12.5. The number of hydrogen-bond donors (Lipinski definition) is 1. The third kappa shape index (κ3) is 2.91. The molecule has 2 fully saturated rings. The molecule has 1 heterocycles. The summed E-state index contributed by atoms with van der Waals surface area (Å²) in [6.45, 7) is 5.16. The normalized spacial score (nSPS) is 27.6. The van der Waals surface area contributed by atoms with Gasteiger partial charge in [-0.25, -0.2) is 4.79 Å². The summed E-state index contributed by atoms with van der Waals surface area (Å²) >= 11 is 0. The number of aliphatic carboxylic acids is 1. The summed E-state index contributed by atoms with van der Waals surface area (Å²) in [6, 6.07) is 0.186. The van der Waals surface area contributed by atoms with Gasteiger partial charge in [-0.3, -0.25) is 4.79 Å². The third-order valence-corrected chi connectivity index (χ3v) is 4.92. The number of amides is 2. The monoisotopic (exact) mass is 282 g/mol. The van der Waals surface area contributed by atoms with Crippen LogP contribution in [0, 0.1) is 5.92 Å². The molecule has 2 amide bonds. The Hall–Kier alpha value is -1.26. The van der Waals surface area contributed by atoms with Crippen LogP contribution in [0.15, 0.2) is 0 Å². The molecule has 0 bridgehead atoms. The van der Waals surface area contributed by atoms with E-state index < -0.39 is 11.9 Å². The van der Waals surface area contributed by atoms with E-state index in [-0.39, 0.29) is 12.1 Å². The molecule has 1 N–H and O–H groups in total. The Labute approximate surface area is 120 Å². The van der Waals surface area contributed by atoms with E-state index in [0.717, 1.165) is 12.8 Å². The van der Waals surface area contributed by atoms with Crippen molar-refractivity contribution in [2.75, 3.05) is 13.1 Å². The zero-order chi connectivity index (χ0) is 14.7. The van der Waals surface area contributed by atoms with Crippen molar-refractivity contribution < 1.29 is 14.7 Å². The molecule has 0 aromatic rings. The molecule has 114 valence electrons. The van der Waals surface area contributed by atoms with Crippen LogP contribution in [0.5, 0.6) is 0 Å². The number of urea groups is 1. The van der Waals surface area contributed by atoms with Gasteiger partial charge in [-0.15, -0.1) is 0 Å². The molecule has 0 aromatic heterocycles. The Bertz CT molecular complexity index is 366. The van der Waals surface area contributed by atoms with E-state index in [2.05, 4.69) is 0 Å². The minimum absolute atomic E-state index is 0.0376. The van der Waals surface area contributed by atoms with E-state index in [9.17, 15) is 14.7 Å². The van der Waals surface area contributed by atoms with Gasteiger partial charge in [0.05, 0.1) is 5.92 Å². The van der Waals surface area contributed by atoms with Crippen molar-refractivity contribution in [3.05, 3.63) is 0 Å². The van der Waals surface area contributed by atoms with Crippen molar-refractivity contribution in [1.82, 2.24) is 9.80 Å². The highest BCUT2D eigenvalue weighted by atomic mass is 16.4. The molecule has 2 unspecified atom stereocenters. The number of nitrogens with zero attached hydrogens (tertiary/aromatic N) is 2. The smallest absolute Gasteiger partial charge is 0.320 e. The van der Waals surface area contributed by atoms with Gasteiger partial charge < -0.3 is 14.9 Å². The zero-order valence-electron chi connectivity index (χ0n) is 12.5. The summed E-state index contributed by atoms with van der Waals surface area (Å²) in [5, 5.41) is 9.18. The molecule has 1 aliphatic carbocycles. The quantitative estimate of drug-likeness (QED) is 0.865. The van der Waals surface area contributed by atoms with Crippen molar-refractivity contribution in [1.29, 1.82) is 0 Å². The summed E-state index contributed by atoms with van der Waals surface area (Å²) in [5.41, 5.74) is 0. The van der Waals surface area contributed by atoms with Crippen molar-refractivity contribution in [2.24, 2.45) is 5.92 Å². The van der Waals surface area contributed by atoms with E-state index in [4.69, 9.17) is 0 Å². The molecule has 5 heteroatoms. The first-order valence-corrected chi connectivity index (χ1v) is 7.86. The maximum atomic E-state index is 12.7. The van der Waals surface area contributed by atoms with Gasteiger partial charge in [-0.1, -0.05) is 19.3 Å². The van der Waals surface area contributed by atoms with Gasteiger partial charge in [0.1, 0.15) is 0 Å². The largest absolute Gasteiger partial charge is 0.481 e. The molecule has 1 saturated carbocycles. The minimum Gasteiger partial charge on any atom is -0.481 e. The lowest BCUT2D eigenvalue weighted by Gasteiger charge is -2.37. The predicted octanol–water partition coefficient (Wildman–Crippen LogP) is 2.56. The Balaban J connectivity index is 2.03. The van der Waals surface area contributed by atoms with Gasteiger partial charge in [0.25, 0.3) is 0 Å². The maximum absolute atomic E-state index is 12.7. The highest BCUT2D eigenvalue weighted by Crippen LogP contribution is 2.28. The molecule has 2 aliphatic rings. The summed E-state index contributed by atoms with van der Waals surface area (Å²) in [5.74, 6) is -1.20. The van der Waals surface area contributed by atoms with Crippen LogP contribution in [-0.4, -0.2) is 52.1 Å². The van der Waals surface area contributed by atoms with Crippen LogP contribution >= 0.6 is 0 Å². The minimum atomic E-state index is -0.784. The topological polar surface area (TPSA) is 60.9 Å². The SMILES string of the molecule is CCN(C(=O)N1CCC(C(=O)O)C1C)C1CCCCC1. The molecule has 5 nitrogen and oxygen atoms in total. The lowest BCUT2D eigenvalue weighted by atomic mass is 9.94. The van der Waals surface area contributed by atoms with Crippen molar-refractivity contribution in [2.45, 2.75) is 64.5 Å². The van der Waals surface area contributed by atoms with Crippen LogP contribution in [0.2, 0.25) is 0 Å². The molecule has 0 aromatic carbocycles. The first-order valence-electron chi connectivity index (χ1n) is 7.86. The molecular formula is C15H26N2O3. The number of carbonyl (C=O) groups excluding carboxylic acids is 1.